The van der Waals surface area contributed by atoms with Crippen LogP contribution in [0.25, 0.3) is 0 Å². The molecule has 5 heteroatoms. The molecule has 5 nitrogen and oxygen atoms in total. The highest BCUT2D eigenvalue weighted by Crippen LogP contribution is 2.34. The summed E-state index contributed by atoms with van der Waals surface area (Å²) in [7, 11) is 0. The summed E-state index contributed by atoms with van der Waals surface area (Å²) in [5, 5.41) is 0. The van der Waals surface area contributed by atoms with Gasteiger partial charge in [-0.05, 0) is 30.5 Å². The van der Waals surface area contributed by atoms with Gasteiger partial charge in [-0.15, -0.1) is 0 Å². The largest absolute Gasteiger partial charge is 0.454 e. The highest BCUT2D eigenvalue weighted by atomic mass is 16.7. The molecule has 0 spiro atoms. The molecule has 0 aromatic heterocycles. The van der Waals surface area contributed by atoms with Gasteiger partial charge in [-0.2, -0.15) is 0 Å². The molecule has 0 radical (unpaired) electrons. The SMILES string of the molecule is NCCC(=O)N(Cc1ccc2c(c1)OCO2)C1CC1. The fourth-order valence-corrected chi connectivity index (χ4v) is 2.31. The Bertz CT molecular complexity index is 486. The first-order valence-electron chi connectivity index (χ1n) is 6.66. The zero-order valence-corrected chi connectivity index (χ0v) is 10.8. The van der Waals surface area contributed by atoms with Crippen LogP contribution in [0.3, 0.4) is 0 Å². The van der Waals surface area contributed by atoms with Gasteiger partial charge in [-0.1, -0.05) is 6.07 Å². The van der Waals surface area contributed by atoms with Gasteiger partial charge in [0.15, 0.2) is 11.5 Å². The normalized spacial score (nSPS) is 16.5. The van der Waals surface area contributed by atoms with E-state index in [1.165, 1.54) is 0 Å². The first kappa shape index (κ1) is 12.3. The lowest BCUT2D eigenvalue weighted by Gasteiger charge is -2.22. The van der Waals surface area contributed by atoms with Crippen molar-refractivity contribution >= 4 is 5.91 Å². The fraction of sp³-hybridized carbons (Fsp3) is 0.500. The van der Waals surface area contributed by atoms with Gasteiger partial charge in [-0.3, -0.25) is 4.79 Å². The highest BCUT2D eigenvalue weighted by Gasteiger charge is 2.32. The standard InChI is InChI=1S/C14H18N2O3/c15-6-5-14(17)16(11-2-3-11)8-10-1-4-12-13(7-10)19-9-18-12/h1,4,7,11H,2-3,5-6,8-9,15H2. The number of nitrogens with zero attached hydrogens (tertiary/aromatic N) is 1. The third kappa shape index (κ3) is 2.66. The van der Waals surface area contributed by atoms with Crippen LogP contribution in [-0.2, 0) is 11.3 Å². The molecule has 1 amide bonds. The third-order valence-electron chi connectivity index (χ3n) is 3.46. The van der Waals surface area contributed by atoms with Crippen LogP contribution in [0.15, 0.2) is 18.2 Å². The zero-order chi connectivity index (χ0) is 13.2. The second kappa shape index (κ2) is 5.09. The molecule has 2 N–H and O–H groups in total. The average molecular weight is 262 g/mol. The van der Waals surface area contributed by atoms with Crippen molar-refractivity contribution in [1.29, 1.82) is 0 Å². The minimum atomic E-state index is 0.141. The van der Waals surface area contributed by atoms with Crippen LogP contribution in [-0.4, -0.2) is 30.2 Å². The van der Waals surface area contributed by atoms with E-state index in [-0.39, 0.29) is 12.7 Å². The lowest BCUT2D eigenvalue weighted by atomic mass is 10.1. The second-order valence-electron chi connectivity index (χ2n) is 4.98. The third-order valence-corrected chi connectivity index (χ3v) is 3.46. The lowest BCUT2D eigenvalue weighted by Crippen LogP contribution is -2.33. The van der Waals surface area contributed by atoms with Crippen molar-refractivity contribution in [1.82, 2.24) is 4.90 Å². The van der Waals surface area contributed by atoms with E-state index >= 15 is 0 Å². The van der Waals surface area contributed by atoms with Crippen molar-refractivity contribution < 1.29 is 14.3 Å². The van der Waals surface area contributed by atoms with Crippen LogP contribution in [0, 0.1) is 0 Å². The summed E-state index contributed by atoms with van der Waals surface area (Å²) in [6.07, 6.45) is 2.61. The number of rotatable bonds is 5. The van der Waals surface area contributed by atoms with Crippen molar-refractivity contribution in [3.05, 3.63) is 23.8 Å². The molecule has 2 aliphatic rings. The van der Waals surface area contributed by atoms with Crippen LogP contribution >= 0.6 is 0 Å². The molecule has 3 rings (SSSR count). The number of hydrogen-bond acceptors (Lipinski definition) is 4. The Hall–Kier alpha value is -1.75. The van der Waals surface area contributed by atoms with E-state index in [4.69, 9.17) is 15.2 Å². The summed E-state index contributed by atoms with van der Waals surface area (Å²) in [6, 6.07) is 6.23. The molecule has 0 unspecified atom stereocenters. The van der Waals surface area contributed by atoms with Crippen molar-refractivity contribution in [3.63, 3.8) is 0 Å². The summed E-state index contributed by atoms with van der Waals surface area (Å²) in [4.78, 5) is 14.0. The summed E-state index contributed by atoms with van der Waals surface area (Å²) in [5.41, 5.74) is 6.54. The number of hydrogen-bond donors (Lipinski definition) is 1. The fourth-order valence-electron chi connectivity index (χ4n) is 2.31. The lowest BCUT2D eigenvalue weighted by molar-refractivity contribution is -0.132. The number of ether oxygens (including phenoxy) is 2. The number of benzene rings is 1. The summed E-state index contributed by atoms with van der Waals surface area (Å²) < 4.78 is 10.6. The Morgan fingerprint density at radius 1 is 1.32 bits per heavy atom. The molecule has 1 aliphatic heterocycles. The smallest absolute Gasteiger partial charge is 0.231 e. The van der Waals surface area contributed by atoms with E-state index in [2.05, 4.69) is 0 Å². The highest BCUT2D eigenvalue weighted by molar-refractivity contribution is 5.77. The maximum atomic E-state index is 12.1. The molecule has 1 aliphatic carbocycles. The number of carbonyl (C=O) groups excluding carboxylic acids is 1. The molecular weight excluding hydrogens is 244 g/mol. The van der Waals surface area contributed by atoms with Crippen LogP contribution in [0.4, 0.5) is 0 Å². The molecule has 1 aromatic rings. The quantitative estimate of drug-likeness (QED) is 0.867. The molecule has 1 heterocycles. The van der Waals surface area contributed by atoms with Gasteiger partial charge in [0.25, 0.3) is 0 Å². The molecule has 0 atom stereocenters. The van der Waals surface area contributed by atoms with E-state index in [1.807, 2.05) is 23.1 Å². The molecular formula is C14H18N2O3. The van der Waals surface area contributed by atoms with E-state index in [0.29, 0.717) is 25.6 Å². The van der Waals surface area contributed by atoms with Crippen LogP contribution < -0.4 is 15.2 Å². The molecule has 0 bridgehead atoms. The minimum absolute atomic E-state index is 0.141. The molecule has 1 aromatic carbocycles. The molecule has 102 valence electrons. The Morgan fingerprint density at radius 3 is 2.84 bits per heavy atom. The van der Waals surface area contributed by atoms with Gasteiger partial charge in [-0.25, -0.2) is 0 Å². The zero-order valence-electron chi connectivity index (χ0n) is 10.8. The monoisotopic (exact) mass is 262 g/mol. The van der Waals surface area contributed by atoms with Crippen LogP contribution in [0.5, 0.6) is 11.5 Å². The van der Waals surface area contributed by atoms with Crippen LogP contribution in [0.1, 0.15) is 24.8 Å². The Labute approximate surface area is 112 Å². The topological polar surface area (TPSA) is 64.8 Å². The van der Waals surface area contributed by atoms with Gasteiger partial charge in [0.05, 0.1) is 0 Å². The van der Waals surface area contributed by atoms with E-state index in [1.54, 1.807) is 0 Å². The van der Waals surface area contributed by atoms with Crippen molar-refractivity contribution in [2.75, 3.05) is 13.3 Å². The van der Waals surface area contributed by atoms with Crippen molar-refractivity contribution in [3.8, 4) is 11.5 Å². The summed E-state index contributed by atoms with van der Waals surface area (Å²) in [6.45, 7) is 1.31. The van der Waals surface area contributed by atoms with E-state index in [9.17, 15) is 4.79 Å². The molecule has 1 saturated carbocycles. The van der Waals surface area contributed by atoms with Crippen molar-refractivity contribution in [2.45, 2.75) is 31.8 Å². The van der Waals surface area contributed by atoms with Gasteiger partial charge in [0, 0.05) is 25.6 Å². The first-order valence-corrected chi connectivity index (χ1v) is 6.66. The minimum Gasteiger partial charge on any atom is -0.454 e. The molecule has 1 fully saturated rings. The van der Waals surface area contributed by atoms with Crippen LogP contribution in [0.2, 0.25) is 0 Å². The average Bonchev–Trinajstić information content (AvgIpc) is 3.13. The first-order chi connectivity index (χ1) is 9.28. The number of amides is 1. The van der Waals surface area contributed by atoms with Gasteiger partial charge < -0.3 is 20.1 Å². The Balaban J connectivity index is 1.73. The summed E-state index contributed by atoms with van der Waals surface area (Å²) >= 11 is 0. The van der Waals surface area contributed by atoms with Gasteiger partial charge in [0.1, 0.15) is 0 Å². The molecule has 19 heavy (non-hydrogen) atoms. The van der Waals surface area contributed by atoms with Gasteiger partial charge in [0.2, 0.25) is 12.7 Å². The second-order valence-corrected chi connectivity index (χ2v) is 4.98. The number of fused-ring (bicyclic) bond motifs is 1. The van der Waals surface area contributed by atoms with E-state index in [0.717, 1.165) is 29.9 Å². The van der Waals surface area contributed by atoms with Crippen molar-refractivity contribution in [2.24, 2.45) is 5.73 Å². The predicted octanol–water partition coefficient (Wildman–Crippen LogP) is 1.26. The predicted molar refractivity (Wildman–Crippen MR) is 69.8 cm³/mol. The van der Waals surface area contributed by atoms with Gasteiger partial charge >= 0.3 is 0 Å². The maximum Gasteiger partial charge on any atom is 0.231 e. The number of carbonyl (C=O) groups is 1. The molecule has 0 saturated heterocycles. The number of nitrogens with two attached hydrogens (primary N) is 1. The Morgan fingerprint density at radius 2 is 2.11 bits per heavy atom. The van der Waals surface area contributed by atoms with E-state index < -0.39 is 0 Å². The summed E-state index contributed by atoms with van der Waals surface area (Å²) in [5.74, 6) is 1.68. The maximum absolute atomic E-state index is 12.1. The Kier molecular flexibility index (Phi) is 3.29.